The van der Waals surface area contributed by atoms with E-state index >= 15 is 0 Å². The van der Waals surface area contributed by atoms with Crippen molar-refractivity contribution < 1.29 is 9.47 Å². The number of benzene rings is 2. The summed E-state index contributed by atoms with van der Waals surface area (Å²) in [6.07, 6.45) is 0. The van der Waals surface area contributed by atoms with Gasteiger partial charge in [0.05, 0.1) is 36.0 Å². The van der Waals surface area contributed by atoms with Crippen LogP contribution >= 0.6 is 23.8 Å². The maximum atomic E-state index is 6.31. The van der Waals surface area contributed by atoms with E-state index < -0.39 is 0 Å². The molecule has 0 aliphatic heterocycles. The second-order valence-electron chi connectivity index (χ2n) is 4.44. The second-order valence-corrected chi connectivity index (χ2v) is 5.23. The SMILES string of the molecule is COc1ccc(-n2c(=S)[nH]c3cccc(Cl)c32)cc1OC. The van der Waals surface area contributed by atoms with Crippen molar-refractivity contribution in [2.75, 3.05) is 14.2 Å². The van der Waals surface area contributed by atoms with Crippen molar-refractivity contribution in [3.8, 4) is 17.2 Å². The number of imidazole rings is 1. The van der Waals surface area contributed by atoms with Gasteiger partial charge < -0.3 is 14.5 Å². The molecule has 0 spiro atoms. The third-order valence-corrected chi connectivity index (χ3v) is 3.87. The van der Waals surface area contributed by atoms with Crippen LogP contribution in [0.5, 0.6) is 11.5 Å². The maximum absolute atomic E-state index is 6.31. The quantitative estimate of drug-likeness (QED) is 0.729. The number of aromatic nitrogens is 2. The zero-order chi connectivity index (χ0) is 15.0. The molecular formula is C15H13ClN2O2S. The third-order valence-electron chi connectivity index (χ3n) is 3.28. The highest BCUT2D eigenvalue weighted by Crippen LogP contribution is 2.32. The van der Waals surface area contributed by atoms with Crippen LogP contribution in [0.1, 0.15) is 0 Å². The van der Waals surface area contributed by atoms with E-state index in [1.807, 2.05) is 41.0 Å². The first kappa shape index (κ1) is 14.0. The van der Waals surface area contributed by atoms with Crippen LogP contribution in [-0.2, 0) is 0 Å². The standard InChI is InChI=1S/C15H13ClN2O2S/c1-19-12-7-6-9(8-13(12)20-2)18-14-10(16)4-3-5-11(14)17-15(18)21/h3-8H,1-2H3,(H,17,21). The van der Waals surface area contributed by atoms with Gasteiger partial charge in [-0.15, -0.1) is 0 Å². The molecule has 1 heterocycles. The normalized spacial score (nSPS) is 10.8. The third kappa shape index (κ3) is 2.28. The number of fused-ring (bicyclic) bond motifs is 1. The van der Waals surface area contributed by atoms with Crippen LogP contribution in [0, 0.1) is 4.77 Å². The molecule has 0 atom stereocenters. The summed E-state index contributed by atoms with van der Waals surface area (Å²) in [6, 6.07) is 11.3. The molecule has 0 saturated carbocycles. The van der Waals surface area contributed by atoms with Gasteiger partial charge in [0.25, 0.3) is 0 Å². The van der Waals surface area contributed by atoms with Gasteiger partial charge in [0.2, 0.25) is 0 Å². The Balaban J connectivity index is 2.30. The van der Waals surface area contributed by atoms with E-state index in [1.165, 1.54) is 0 Å². The highest BCUT2D eigenvalue weighted by atomic mass is 35.5. The molecule has 0 radical (unpaired) electrons. The fourth-order valence-electron chi connectivity index (χ4n) is 2.33. The van der Waals surface area contributed by atoms with Crippen LogP contribution in [0.2, 0.25) is 5.02 Å². The van der Waals surface area contributed by atoms with Crippen molar-refractivity contribution in [2.45, 2.75) is 0 Å². The van der Waals surface area contributed by atoms with Gasteiger partial charge in [0, 0.05) is 6.07 Å². The van der Waals surface area contributed by atoms with Crippen molar-refractivity contribution in [3.05, 3.63) is 46.2 Å². The van der Waals surface area contributed by atoms with E-state index in [2.05, 4.69) is 4.98 Å². The molecule has 4 nitrogen and oxygen atoms in total. The van der Waals surface area contributed by atoms with Crippen LogP contribution in [0.15, 0.2) is 36.4 Å². The van der Waals surface area contributed by atoms with E-state index in [4.69, 9.17) is 33.3 Å². The van der Waals surface area contributed by atoms with Gasteiger partial charge in [0.15, 0.2) is 16.3 Å². The van der Waals surface area contributed by atoms with Crippen LogP contribution in [0.4, 0.5) is 0 Å². The topological polar surface area (TPSA) is 39.2 Å². The van der Waals surface area contributed by atoms with E-state index in [9.17, 15) is 0 Å². The monoisotopic (exact) mass is 320 g/mol. The number of rotatable bonds is 3. The summed E-state index contributed by atoms with van der Waals surface area (Å²) in [6.45, 7) is 0. The Morgan fingerprint density at radius 1 is 1.10 bits per heavy atom. The average Bonchev–Trinajstić information content (AvgIpc) is 2.84. The maximum Gasteiger partial charge on any atom is 0.182 e. The van der Waals surface area contributed by atoms with Gasteiger partial charge in [-0.3, -0.25) is 4.57 Å². The first-order chi connectivity index (χ1) is 10.2. The smallest absolute Gasteiger partial charge is 0.182 e. The molecule has 3 rings (SSSR count). The Morgan fingerprint density at radius 2 is 1.86 bits per heavy atom. The molecule has 6 heteroatoms. The molecule has 0 aliphatic carbocycles. The fraction of sp³-hybridized carbons (Fsp3) is 0.133. The van der Waals surface area contributed by atoms with Crippen LogP contribution in [-0.4, -0.2) is 23.8 Å². The summed E-state index contributed by atoms with van der Waals surface area (Å²) in [7, 11) is 3.20. The number of para-hydroxylation sites is 1. The minimum Gasteiger partial charge on any atom is -0.493 e. The summed E-state index contributed by atoms with van der Waals surface area (Å²) >= 11 is 11.7. The first-order valence-electron chi connectivity index (χ1n) is 6.27. The Kier molecular flexibility index (Phi) is 3.61. The van der Waals surface area contributed by atoms with Crippen LogP contribution in [0.3, 0.4) is 0 Å². The van der Waals surface area contributed by atoms with Gasteiger partial charge in [-0.2, -0.15) is 0 Å². The van der Waals surface area contributed by atoms with Crippen LogP contribution in [0.25, 0.3) is 16.7 Å². The molecular weight excluding hydrogens is 308 g/mol. The Morgan fingerprint density at radius 3 is 2.57 bits per heavy atom. The van der Waals surface area contributed by atoms with Gasteiger partial charge in [-0.25, -0.2) is 0 Å². The molecule has 21 heavy (non-hydrogen) atoms. The second kappa shape index (κ2) is 5.42. The predicted molar refractivity (Wildman–Crippen MR) is 86.6 cm³/mol. The summed E-state index contributed by atoms with van der Waals surface area (Å²) in [5.74, 6) is 1.30. The molecule has 0 aliphatic rings. The number of methoxy groups -OCH3 is 2. The Hall–Kier alpha value is -1.98. The van der Waals surface area contributed by atoms with E-state index in [-0.39, 0.29) is 0 Å². The lowest BCUT2D eigenvalue weighted by Crippen LogP contribution is -1.97. The molecule has 0 unspecified atom stereocenters. The fourth-order valence-corrected chi connectivity index (χ4v) is 2.89. The molecule has 1 N–H and O–H groups in total. The summed E-state index contributed by atoms with van der Waals surface area (Å²) < 4.78 is 13.1. The largest absolute Gasteiger partial charge is 0.493 e. The summed E-state index contributed by atoms with van der Waals surface area (Å²) in [5.41, 5.74) is 2.59. The number of hydrogen-bond acceptors (Lipinski definition) is 3. The molecule has 0 bridgehead atoms. The lowest BCUT2D eigenvalue weighted by atomic mass is 10.2. The zero-order valence-corrected chi connectivity index (χ0v) is 13.1. The number of hydrogen-bond donors (Lipinski definition) is 1. The Labute approximate surface area is 131 Å². The zero-order valence-electron chi connectivity index (χ0n) is 11.5. The summed E-state index contributed by atoms with van der Waals surface area (Å²) in [5, 5.41) is 0.634. The van der Waals surface area contributed by atoms with Gasteiger partial charge in [0.1, 0.15) is 0 Å². The summed E-state index contributed by atoms with van der Waals surface area (Å²) in [4.78, 5) is 3.15. The van der Waals surface area contributed by atoms with Crippen molar-refractivity contribution in [2.24, 2.45) is 0 Å². The van der Waals surface area contributed by atoms with Crippen molar-refractivity contribution in [1.82, 2.24) is 9.55 Å². The lowest BCUT2D eigenvalue weighted by Gasteiger charge is -2.11. The van der Waals surface area contributed by atoms with Crippen LogP contribution < -0.4 is 9.47 Å². The number of aromatic amines is 1. The van der Waals surface area contributed by atoms with E-state index in [0.29, 0.717) is 21.3 Å². The number of ether oxygens (including phenoxy) is 2. The van der Waals surface area contributed by atoms with Gasteiger partial charge in [-0.05, 0) is 36.5 Å². The molecule has 0 fully saturated rings. The minimum absolute atomic E-state index is 0.574. The molecule has 2 aromatic carbocycles. The first-order valence-corrected chi connectivity index (χ1v) is 7.06. The average molecular weight is 321 g/mol. The number of H-pyrrole nitrogens is 1. The highest BCUT2D eigenvalue weighted by Gasteiger charge is 2.12. The predicted octanol–water partition coefficient (Wildman–Crippen LogP) is 4.36. The van der Waals surface area contributed by atoms with E-state index in [1.54, 1.807) is 14.2 Å². The highest BCUT2D eigenvalue weighted by molar-refractivity contribution is 7.71. The lowest BCUT2D eigenvalue weighted by molar-refractivity contribution is 0.355. The Bertz CT molecular complexity index is 870. The van der Waals surface area contributed by atoms with E-state index in [0.717, 1.165) is 16.7 Å². The minimum atomic E-state index is 0.574. The molecule has 108 valence electrons. The van der Waals surface area contributed by atoms with Gasteiger partial charge in [-0.1, -0.05) is 17.7 Å². The molecule has 0 saturated heterocycles. The number of halogens is 1. The van der Waals surface area contributed by atoms with Gasteiger partial charge >= 0.3 is 0 Å². The number of nitrogens with zero attached hydrogens (tertiary/aromatic N) is 1. The molecule has 0 amide bonds. The van der Waals surface area contributed by atoms with Crippen molar-refractivity contribution >= 4 is 34.9 Å². The number of nitrogens with one attached hydrogen (secondary N) is 1. The van der Waals surface area contributed by atoms with Crippen molar-refractivity contribution in [3.63, 3.8) is 0 Å². The van der Waals surface area contributed by atoms with Crippen molar-refractivity contribution in [1.29, 1.82) is 0 Å². The molecule has 3 aromatic rings. The molecule has 1 aromatic heterocycles.